The van der Waals surface area contributed by atoms with E-state index in [2.05, 4.69) is 39.9 Å². The summed E-state index contributed by atoms with van der Waals surface area (Å²) >= 11 is 1.19. The molecule has 1 unspecified atom stereocenters. The van der Waals surface area contributed by atoms with Crippen molar-refractivity contribution in [2.75, 3.05) is 18.5 Å². The molecule has 8 nitrogen and oxygen atoms in total. The largest absolute Gasteiger partial charge is 0.481 e. The Kier molecular flexibility index (Phi) is 7.45. The average Bonchev–Trinajstić information content (AvgIpc) is 3.39. The van der Waals surface area contributed by atoms with Gasteiger partial charge in [0.1, 0.15) is 6.61 Å². The summed E-state index contributed by atoms with van der Waals surface area (Å²) in [7, 11) is 0. The monoisotopic (exact) mass is 493 g/mol. The van der Waals surface area contributed by atoms with Crippen molar-refractivity contribution in [2.24, 2.45) is 11.8 Å². The molecule has 1 heterocycles. The minimum absolute atomic E-state index is 0.00664. The van der Waals surface area contributed by atoms with Crippen molar-refractivity contribution in [2.45, 2.75) is 26.2 Å². The van der Waals surface area contributed by atoms with E-state index in [-0.39, 0.29) is 37.3 Å². The van der Waals surface area contributed by atoms with Crippen LogP contribution in [0.2, 0.25) is 0 Å². The number of carboxylic acids is 1. The number of nitrogens with zero attached hydrogens (tertiary/aromatic N) is 1. The van der Waals surface area contributed by atoms with Gasteiger partial charge in [0.15, 0.2) is 5.13 Å². The van der Waals surface area contributed by atoms with E-state index < -0.39 is 18.0 Å². The number of carboxylic acid groups (broad SMARTS) is 1. The third-order valence-electron chi connectivity index (χ3n) is 6.09. The summed E-state index contributed by atoms with van der Waals surface area (Å²) in [6.45, 7) is 3.85. The molecule has 1 aromatic heterocycles. The van der Waals surface area contributed by atoms with Gasteiger partial charge in [-0.2, -0.15) is 0 Å². The van der Waals surface area contributed by atoms with Crippen molar-refractivity contribution in [1.82, 2.24) is 10.3 Å². The highest BCUT2D eigenvalue weighted by molar-refractivity contribution is 7.13. The third-order valence-corrected chi connectivity index (χ3v) is 6.89. The second-order valence-corrected chi connectivity index (χ2v) is 9.62. The number of carbonyl (C=O) groups excluding carboxylic acids is 2. The number of anilines is 1. The molecule has 1 atom stereocenters. The third kappa shape index (κ3) is 5.68. The molecule has 0 radical (unpaired) electrons. The first-order valence-corrected chi connectivity index (χ1v) is 12.3. The van der Waals surface area contributed by atoms with Gasteiger partial charge in [-0.25, -0.2) is 9.78 Å². The van der Waals surface area contributed by atoms with Gasteiger partial charge in [0, 0.05) is 17.8 Å². The van der Waals surface area contributed by atoms with Crippen molar-refractivity contribution in [1.29, 1.82) is 0 Å². The number of nitrogens with one attached hydrogen (secondary N) is 2. The van der Waals surface area contributed by atoms with E-state index in [1.807, 2.05) is 24.3 Å². The topological polar surface area (TPSA) is 118 Å². The molecule has 9 heteroatoms. The highest BCUT2D eigenvalue weighted by Gasteiger charge is 2.29. The number of carbonyl (C=O) groups is 3. The van der Waals surface area contributed by atoms with Gasteiger partial charge in [0.05, 0.1) is 18.0 Å². The molecule has 0 aliphatic heterocycles. The number of hydrogen-bond donors (Lipinski definition) is 3. The fraction of sp³-hybridized carbons (Fsp3) is 0.308. The maximum Gasteiger partial charge on any atom is 0.413 e. The van der Waals surface area contributed by atoms with Crippen molar-refractivity contribution in [3.05, 3.63) is 70.7 Å². The van der Waals surface area contributed by atoms with Crippen LogP contribution in [0.1, 0.15) is 36.6 Å². The molecule has 35 heavy (non-hydrogen) atoms. The van der Waals surface area contributed by atoms with Crippen LogP contribution in [0.25, 0.3) is 11.1 Å². The normalized spacial score (nSPS) is 13.1. The highest BCUT2D eigenvalue weighted by Crippen LogP contribution is 2.44. The van der Waals surface area contributed by atoms with Crippen molar-refractivity contribution < 1.29 is 24.2 Å². The summed E-state index contributed by atoms with van der Waals surface area (Å²) in [6.07, 6.45) is -0.619. The zero-order chi connectivity index (χ0) is 24.9. The summed E-state index contributed by atoms with van der Waals surface area (Å²) in [5.74, 6) is -2.05. The lowest BCUT2D eigenvalue weighted by molar-refractivity contribution is -0.143. The van der Waals surface area contributed by atoms with Crippen LogP contribution in [0, 0.1) is 11.8 Å². The van der Waals surface area contributed by atoms with Gasteiger partial charge in [-0.05, 0) is 28.2 Å². The minimum Gasteiger partial charge on any atom is -0.481 e. The zero-order valence-corrected chi connectivity index (χ0v) is 20.3. The molecule has 0 spiro atoms. The maximum atomic E-state index is 12.4. The number of aromatic nitrogens is 1. The first kappa shape index (κ1) is 24.4. The van der Waals surface area contributed by atoms with E-state index in [0.717, 1.165) is 22.3 Å². The molecule has 3 aromatic rings. The smallest absolute Gasteiger partial charge is 0.413 e. The van der Waals surface area contributed by atoms with E-state index >= 15 is 0 Å². The van der Waals surface area contributed by atoms with E-state index in [1.54, 1.807) is 19.2 Å². The van der Waals surface area contributed by atoms with Gasteiger partial charge in [0.2, 0.25) is 5.91 Å². The van der Waals surface area contributed by atoms with E-state index in [0.29, 0.717) is 10.8 Å². The predicted molar refractivity (Wildman–Crippen MR) is 133 cm³/mol. The number of benzene rings is 2. The molecule has 1 aliphatic rings. The van der Waals surface area contributed by atoms with E-state index in [1.165, 1.54) is 11.3 Å². The lowest BCUT2D eigenvalue weighted by atomic mass is 9.96. The molecule has 4 rings (SSSR count). The van der Waals surface area contributed by atoms with Crippen LogP contribution < -0.4 is 10.6 Å². The Hall–Kier alpha value is -3.72. The zero-order valence-electron chi connectivity index (χ0n) is 19.5. The lowest BCUT2D eigenvalue weighted by Crippen LogP contribution is -2.36. The highest BCUT2D eigenvalue weighted by atomic mass is 32.1. The molecule has 0 bridgehead atoms. The number of amides is 2. The molecule has 0 saturated heterocycles. The van der Waals surface area contributed by atoms with Gasteiger partial charge in [0.25, 0.3) is 0 Å². The van der Waals surface area contributed by atoms with E-state index in [9.17, 15) is 19.5 Å². The summed E-state index contributed by atoms with van der Waals surface area (Å²) in [5, 5.41) is 16.5. The second-order valence-electron chi connectivity index (χ2n) is 8.76. The second kappa shape index (κ2) is 10.7. The SMILES string of the molecule is CC(C)C(CNC(=O)Cc1csc(NC(=O)OCC2c3ccccc3-c3ccccc32)n1)C(=O)O. The van der Waals surface area contributed by atoms with Gasteiger partial charge >= 0.3 is 12.1 Å². The predicted octanol–water partition coefficient (Wildman–Crippen LogP) is 4.52. The summed E-state index contributed by atoms with van der Waals surface area (Å²) in [6, 6.07) is 16.2. The lowest BCUT2D eigenvalue weighted by Gasteiger charge is -2.16. The van der Waals surface area contributed by atoms with Gasteiger partial charge in [-0.1, -0.05) is 62.4 Å². The molecule has 0 saturated carbocycles. The van der Waals surface area contributed by atoms with Gasteiger partial charge in [-0.3, -0.25) is 14.9 Å². The fourth-order valence-corrected chi connectivity index (χ4v) is 4.92. The van der Waals surface area contributed by atoms with Crippen LogP contribution in [-0.2, 0) is 20.7 Å². The molecular formula is C26H27N3O5S. The van der Waals surface area contributed by atoms with Gasteiger partial charge in [-0.15, -0.1) is 11.3 Å². The molecular weight excluding hydrogens is 466 g/mol. The summed E-state index contributed by atoms with van der Waals surface area (Å²) in [4.78, 5) is 40.2. The maximum absolute atomic E-state index is 12.4. The van der Waals surface area contributed by atoms with Crippen LogP contribution in [0.5, 0.6) is 0 Å². The standard InChI is InChI=1S/C26H27N3O5S/c1-15(2)21(24(31)32)12-27-23(30)11-16-14-35-25(28-16)29-26(33)34-13-22-19-9-5-3-7-17(19)18-8-4-6-10-20(18)22/h3-10,14-15,21-22H,11-13H2,1-2H3,(H,27,30)(H,31,32)(H,28,29,33). The van der Waals surface area contributed by atoms with Crippen LogP contribution in [-0.4, -0.2) is 41.2 Å². The number of rotatable bonds is 9. The Balaban J connectivity index is 1.29. The number of ether oxygens (including phenoxy) is 1. The summed E-state index contributed by atoms with van der Waals surface area (Å²) < 4.78 is 5.53. The molecule has 0 fully saturated rings. The average molecular weight is 494 g/mol. The Morgan fingerprint density at radius 2 is 1.69 bits per heavy atom. The van der Waals surface area contributed by atoms with Crippen molar-refractivity contribution in [3.63, 3.8) is 0 Å². The molecule has 182 valence electrons. The number of aliphatic carboxylic acids is 1. The van der Waals surface area contributed by atoms with Crippen LogP contribution >= 0.6 is 11.3 Å². The van der Waals surface area contributed by atoms with E-state index in [4.69, 9.17) is 4.74 Å². The summed E-state index contributed by atoms with van der Waals surface area (Å²) in [5.41, 5.74) is 5.06. The molecule has 1 aliphatic carbocycles. The van der Waals surface area contributed by atoms with Crippen molar-refractivity contribution in [3.8, 4) is 11.1 Å². The Labute approximate surface area is 207 Å². The molecule has 2 amide bonds. The Morgan fingerprint density at radius 1 is 1.06 bits per heavy atom. The van der Waals surface area contributed by atoms with Gasteiger partial charge < -0.3 is 15.2 Å². The van der Waals surface area contributed by atoms with Crippen LogP contribution in [0.4, 0.5) is 9.93 Å². The fourth-order valence-electron chi connectivity index (χ4n) is 4.23. The van der Waals surface area contributed by atoms with Crippen LogP contribution in [0.15, 0.2) is 53.9 Å². The molecule has 3 N–H and O–H groups in total. The Bertz CT molecular complexity index is 1190. The van der Waals surface area contributed by atoms with Crippen LogP contribution in [0.3, 0.4) is 0 Å². The molecule has 2 aromatic carbocycles. The number of thiazole rings is 1. The Morgan fingerprint density at radius 3 is 2.29 bits per heavy atom. The first-order chi connectivity index (χ1) is 16.8. The first-order valence-electron chi connectivity index (χ1n) is 11.4. The number of hydrogen-bond acceptors (Lipinski definition) is 6. The quantitative estimate of drug-likeness (QED) is 0.403. The minimum atomic E-state index is -0.941. The van der Waals surface area contributed by atoms with Crippen molar-refractivity contribution >= 4 is 34.4 Å². The number of fused-ring (bicyclic) bond motifs is 3.